The largest absolute Gasteiger partial charge is 0.490 e. The van der Waals surface area contributed by atoms with Gasteiger partial charge in [0.1, 0.15) is 12.4 Å². The van der Waals surface area contributed by atoms with Gasteiger partial charge in [-0.1, -0.05) is 42.8 Å². The van der Waals surface area contributed by atoms with E-state index in [2.05, 4.69) is 5.32 Å². The number of hydrogen-bond donors (Lipinski definition) is 1. The maximum atomic E-state index is 12.6. The van der Waals surface area contributed by atoms with Gasteiger partial charge < -0.3 is 15.0 Å². The number of rotatable bonds is 6. The Kier molecular flexibility index (Phi) is 6.35. The normalized spacial score (nSPS) is 14.1. The fraction of sp³-hybridized carbons (Fsp3) is 0.333. The average Bonchev–Trinajstić information content (AvgIpc) is 2.70. The predicted molar refractivity (Wildman–Crippen MR) is 106 cm³/mol. The Bertz CT molecular complexity index is 807. The third kappa shape index (κ3) is 4.80. The zero-order chi connectivity index (χ0) is 19.2. The van der Waals surface area contributed by atoms with E-state index in [-0.39, 0.29) is 30.7 Å². The van der Waals surface area contributed by atoms with Crippen LogP contribution >= 0.6 is 11.6 Å². The van der Waals surface area contributed by atoms with Gasteiger partial charge in [-0.25, -0.2) is 0 Å². The van der Waals surface area contributed by atoms with Crippen LogP contribution in [0.25, 0.3) is 0 Å². The number of carbonyl (C=O) groups is 2. The van der Waals surface area contributed by atoms with Gasteiger partial charge in [0.25, 0.3) is 0 Å². The first kappa shape index (κ1) is 19.2. The summed E-state index contributed by atoms with van der Waals surface area (Å²) < 4.78 is 5.57. The van der Waals surface area contributed by atoms with Crippen LogP contribution in [-0.4, -0.2) is 25.0 Å². The van der Waals surface area contributed by atoms with Crippen molar-refractivity contribution in [2.24, 2.45) is 0 Å². The second-order valence-electron chi connectivity index (χ2n) is 6.44. The van der Waals surface area contributed by atoms with Crippen LogP contribution in [0.15, 0.2) is 48.5 Å². The SMILES string of the molecule is CCC(NC(=O)CCC(=O)N1CCOc2ccccc21)c1ccc(Cl)cc1. The summed E-state index contributed by atoms with van der Waals surface area (Å²) in [7, 11) is 0. The number of hydrogen-bond acceptors (Lipinski definition) is 3. The van der Waals surface area contributed by atoms with Crippen LogP contribution in [0.2, 0.25) is 5.02 Å². The number of nitrogens with one attached hydrogen (secondary N) is 1. The van der Waals surface area contributed by atoms with Gasteiger partial charge in [0.2, 0.25) is 11.8 Å². The average molecular weight is 387 g/mol. The molecule has 0 saturated heterocycles. The Morgan fingerprint density at radius 2 is 1.89 bits per heavy atom. The second-order valence-corrected chi connectivity index (χ2v) is 6.88. The molecule has 0 aromatic heterocycles. The zero-order valence-corrected chi connectivity index (χ0v) is 16.0. The second kappa shape index (κ2) is 8.91. The minimum Gasteiger partial charge on any atom is -0.490 e. The Labute approximate surface area is 164 Å². The van der Waals surface area contributed by atoms with E-state index in [4.69, 9.17) is 16.3 Å². The molecule has 1 atom stereocenters. The molecule has 0 aliphatic carbocycles. The van der Waals surface area contributed by atoms with Crippen LogP contribution in [0.4, 0.5) is 5.69 Å². The number of anilines is 1. The van der Waals surface area contributed by atoms with E-state index in [1.165, 1.54) is 0 Å². The van der Waals surface area contributed by atoms with E-state index in [0.29, 0.717) is 23.9 Å². The number of para-hydroxylation sites is 2. The molecule has 0 radical (unpaired) electrons. The lowest BCUT2D eigenvalue weighted by Crippen LogP contribution is -2.38. The molecule has 1 heterocycles. The summed E-state index contributed by atoms with van der Waals surface area (Å²) in [6.07, 6.45) is 1.08. The number of halogens is 1. The Morgan fingerprint density at radius 3 is 2.63 bits per heavy atom. The van der Waals surface area contributed by atoms with Gasteiger partial charge in [0.05, 0.1) is 18.3 Å². The molecule has 1 unspecified atom stereocenters. The van der Waals surface area contributed by atoms with Crippen molar-refractivity contribution in [1.82, 2.24) is 5.32 Å². The molecule has 6 heteroatoms. The maximum absolute atomic E-state index is 12.6. The van der Waals surface area contributed by atoms with Gasteiger partial charge in [-0.15, -0.1) is 0 Å². The van der Waals surface area contributed by atoms with E-state index in [1.54, 1.807) is 4.90 Å². The summed E-state index contributed by atoms with van der Waals surface area (Å²) in [5.41, 5.74) is 1.77. The molecule has 1 aliphatic heterocycles. The number of nitrogens with zero attached hydrogens (tertiary/aromatic N) is 1. The van der Waals surface area contributed by atoms with Crippen LogP contribution in [0.3, 0.4) is 0 Å². The van der Waals surface area contributed by atoms with Crippen molar-refractivity contribution in [3.8, 4) is 5.75 Å². The Morgan fingerprint density at radius 1 is 1.15 bits per heavy atom. The molecule has 0 saturated carbocycles. The lowest BCUT2D eigenvalue weighted by Gasteiger charge is -2.29. The molecule has 5 nitrogen and oxygen atoms in total. The first-order chi connectivity index (χ1) is 13.1. The molecule has 3 rings (SSSR count). The monoisotopic (exact) mass is 386 g/mol. The molecule has 142 valence electrons. The van der Waals surface area contributed by atoms with Crippen molar-refractivity contribution in [1.29, 1.82) is 0 Å². The minimum absolute atomic E-state index is 0.0690. The topological polar surface area (TPSA) is 58.6 Å². The van der Waals surface area contributed by atoms with Crippen LogP contribution < -0.4 is 15.0 Å². The predicted octanol–water partition coefficient (Wildman–Crippen LogP) is 4.11. The fourth-order valence-electron chi connectivity index (χ4n) is 3.17. The van der Waals surface area contributed by atoms with E-state index in [0.717, 1.165) is 17.7 Å². The molecule has 2 amide bonds. The van der Waals surface area contributed by atoms with E-state index < -0.39 is 0 Å². The molecule has 27 heavy (non-hydrogen) atoms. The molecule has 0 fully saturated rings. The molecule has 0 spiro atoms. The number of carbonyl (C=O) groups excluding carboxylic acids is 2. The summed E-state index contributed by atoms with van der Waals surface area (Å²) in [4.78, 5) is 26.7. The summed E-state index contributed by atoms with van der Waals surface area (Å²) in [6, 6.07) is 14.8. The van der Waals surface area contributed by atoms with Gasteiger partial charge in [0.15, 0.2) is 0 Å². The smallest absolute Gasteiger partial charge is 0.227 e. The number of benzene rings is 2. The van der Waals surface area contributed by atoms with Gasteiger partial charge in [-0.3, -0.25) is 9.59 Å². The van der Waals surface area contributed by atoms with E-state index in [1.807, 2.05) is 55.5 Å². The van der Waals surface area contributed by atoms with Gasteiger partial charge in [-0.2, -0.15) is 0 Å². The number of fused-ring (bicyclic) bond motifs is 1. The number of ether oxygens (including phenoxy) is 1. The van der Waals surface area contributed by atoms with E-state index >= 15 is 0 Å². The van der Waals surface area contributed by atoms with Crippen molar-refractivity contribution in [3.05, 3.63) is 59.1 Å². The summed E-state index contributed by atoms with van der Waals surface area (Å²) >= 11 is 5.92. The fourth-order valence-corrected chi connectivity index (χ4v) is 3.29. The van der Waals surface area contributed by atoms with Gasteiger partial charge >= 0.3 is 0 Å². The quantitative estimate of drug-likeness (QED) is 0.812. The van der Waals surface area contributed by atoms with Crippen LogP contribution in [0.5, 0.6) is 5.75 Å². The van der Waals surface area contributed by atoms with Gasteiger partial charge in [-0.05, 0) is 36.2 Å². The van der Waals surface area contributed by atoms with Crippen molar-refractivity contribution in [2.45, 2.75) is 32.2 Å². The molecule has 1 aliphatic rings. The minimum atomic E-state index is -0.133. The Hall–Kier alpha value is -2.53. The first-order valence-corrected chi connectivity index (χ1v) is 9.53. The Balaban J connectivity index is 1.56. The molecular formula is C21H23ClN2O3. The summed E-state index contributed by atoms with van der Waals surface area (Å²) in [5, 5.41) is 3.67. The molecule has 1 N–H and O–H groups in total. The lowest BCUT2D eigenvalue weighted by atomic mass is 10.0. The number of amides is 2. The highest BCUT2D eigenvalue weighted by atomic mass is 35.5. The highest BCUT2D eigenvalue weighted by Crippen LogP contribution is 2.31. The highest BCUT2D eigenvalue weighted by Gasteiger charge is 2.24. The lowest BCUT2D eigenvalue weighted by molar-refractivity contribution is -0.125. The van der Waals surface area contributed by atoms with Crippen molar-refractivity contribution in [3.63, 3.8) is 0 Å². The molecule has 2 aromatic carbocycles. The molecule has 0 bridgehead atoms. The summed E-state index contributed by atoms with van der Waals surface area (Å²) in [5.74, 6) is 0.502. The highest BCUT2D eigenvalue weighted by molar-refractivity contribution is 6.30. The third-order valence-electron chi connectivity index (χ3n) is 4.61. The van der Waals surface area contributed by atoms with Crippen molar-refractivity contribution < 1.29 is 14.3 Å². The third-order valence-corrected chi connectivity index (χ3v) is 4.86. The van der Waals surface area contributed by atoms with Crippen molar-refractivity contribution in [2.75, 3.05) is 18.1 Å². The van der Waals surface area contributed by atoms with E-state index in [9.17, 15) is 9.59 Å². The molecule has 2 aromatic rings. The zero-order valence-electron chi connectivity index (χ0n) is 15.3. The van der Waals surface area contributed by atoms with Crippen molar-refractivity contribution >= 4 is 29.1 Å². The van der Waals surface area contributed by atoms with Crippen LogP contribution in [0, 0.1) is 0 Å². The van der Waals surface area contributed by atoms with Gasteiger partial charge in [0, 0.05) is 17.9 Å². The standard InChI is InChI=1S/C21H23ClN2O3/c1-2-17(15-7-9-16(22)10-8-15)23-20(25)11-12-21(26)24-13-14-27-19-6-4-3-5-18(19)24/h3-10,17H,2,11-14H2,1H3,(H,23,25). The maximum Gasteiger partial charge on any atom is 0.227 e. The first-order valence-electron chi connectivity index (χ1n) is 9.15. The van der Waals surface area contributed by atoms with Crippen LogP contribution in [0.1, 0.15) is 37.8 Å². The molecular weight excluding hydrogens is 364 g/mol. The van der Waals surface area contributed by atoms with Crippen LogP contribution in [-0.2, 0) is 9.59 Å². The summed E-state index contributed by atoms with van der Waals surface area (Å²) in [6.45, 7) is 2.97.